The summed E-state index contributed by atoms with van der Waals surface area (Å²) >= 11 is 0. The molecule has 1 aromatic heterocycles. The highest BCUT2D eigenvalue weighted by Crippen LogP contribution is 2.58. The zero-order chi connectivity index (χ0) is 47.4. The van der Waals surface area contributed by atoms with Crippen LogP contribution in [0.25, 0.3) is 0 Å². The second kappa shape index (κ2) is 20.2. The average Bonchev–Trinajstić information content (AvgIpc) is 3.73. The molecule has 0 amide bonds. The number of rotatable bonds is 13. The normalized spacial score (nSPS) is 47.8. The molecule has 0 unspecified atom stereocenters. The Morgan fingerprint density at radius 2 is 1.29 bits per heavy atom. The quantitative estimate of drug-likeness (QED) is 0.209. The molecule has 0 spiro atoms. The number of furan rings is 1. The number of aryl methyl sites for hydroxylation is 1. The van der Waals surface area contributed by atoms with E-state index in [1.807, 2.05) is 33.8 Å². The third-order valence-corrected chi connectivity index (χ3v) is 16.1. The maximum absolute atomic E-state index is 14.2. The van der Waals surface area contributed by atoms with E-state index in [9.17, 15) is 30.0 Å². The third-order valence-electron chi connectivity index (χ3n) is 16.1. The number of ether oxygens (including phenoxy) is 11. The van der Waals surface area contributed by atoms with Crippen molar-refractivity contribution in [3.8, 4) is 0 Å². The predicted octanol–water partition coefficient (Wildman–Crippen LogP) is 2.93. The van der Waals surface area contributed by atoms with Gasteiger partial charge in [-0.25, -0.2) is 0 Å². The van der Waals surface area contributed by atoms with Crippen molar-refractivity contribution in [2.75, 3.05) is 27.9 Å². The van der Waals surface area contributed by atoms with Crippen molar-refractivity contribution in [3.05, 3.63) is 35.3 Å². The van der Waals surface area contributed by atoms with E-state index in [0.29, 0.717) is 38.5 Å². The molecule has 7 aliphatic rings. The van der Waals surface area contributed by atoms with E-state index in [-0.39, 0.29) is 29.8 Å². The minimum absolute atomic E-state index is 0.0180. The molecular formula is C48H72O18. The Kier molecular flexibility index (Phi) is 15.4. The second-order valence-electron chi connectivity index (χ2n) is 20.0. The summed E-state index contributed by atoms with van der Waals surface area (Å²) in [5, 5.41) is 40.7. The lowest BCUT2D eigenvalue weighted by Crippen LogP contribution is -2.62. The molecule has 6 fully saturated rings. The Balaban J connectivity index is 0.841. The minimum Gasteiger partial charge on any atom is -0.469 e. The van der Waals surface area contributed by atoms with E-state index in [2.05, 4.69) is 13.0 Å². The number of fused-ring (bicyclic) bond motifs is 3. The molecule has 5 heterocycles. The molecule has 4 N–H and O–H groups in total. The van der Waals surface area contributed by atoms with Crippen LogP contribution in [0.3, 0.4) is 0 Å². The molecule has 372 valence electrons. The molecule has 0 aromatic carbocycles. The van der Waals surface area contributed by atoms with Crippen LogP contribution in [0.4, 0.5) is 0 Å². The lowest BCUT2D eigenvalue weighted by Gasteiger charge is -2.54. The van der Waals surface area contributed by atoms with Crippen molar-refractivity contribution >= 4 is 11.6 Å². The Labute approximate surface area is 386 Å². The maximum atomic E-state index is 14.2. The molecule has 0 bridgehead atoms. The van der Waals surface area contributed by atoms with E-state index in [4.69, 9.17) is 56.5 Å². The Hall–Kier alpha value is -2.24. The minimum atomic E-state index is -1.59. The lowest BCUT2D eigenvalue weighted by molar-refractivity contribution is -0.357. The van der Waals surface area contributed by atoms with Gasteiger partial charge in [-0.2, -0.15) is 0 Å². The summed E-state index contributed by atoms with van der Waals surface area (Å²) in [6.45, 7) is 11.1. The maximum Gasteiger partial charge on any atom is 0.187 e. The summed E-state index contributed by atoms with van der Waals surface area (Å²) in [6, 6.07) is 1.93. The fraction of sp³-hybridized carbons (Fsp3) is 0.833. The molecule has 3 aliphatic carbocycles. The van der Waals surface area contributed by atoms with Gasteiger partial charge in [-0.15, -0.1) is 0 Å². The number of Topliss-reactive ketones (excluding diaryl/α,β-unsaturated/α-hetero) is 2. The van der Waals surface area contributed by atoms with Crippen LogP contribution in [0.15, 0.2) is 28.4 Å². The second-order valence-corrected chi connectivity index (χ2v) is 20.0. The molecule has 18 heteroatoms. The summed E-state index contributed by atoms with van der Waals surface area (Å²) in [6.07, 6.45) is -7.21. The average molecular weight is 937 g/mol. The van der Waals surface area contributed by atoms with E-state index >= 15 is 0 Å². The fourth-order valence-corrected chi connectivity index (χ4v) is 12.2. The van der Waals surface area contributed by atoms with Gasteiger partial charge in [0.25, 0.3) is 0 Å². The molecule has 4 aliphatic heterocycles. The standard InChI is InChI=1S/C48H72O18/c1-22-28(13-15-58-22)47(5)14-12-29-27(45(47)54)11-10-26-16-31(30(50)20-48(26,29)6)62-36-17-32(55-7)42(23(2)59-36)64-37-18-33(56-8)43(24(3)60-37)65-38-19-34(57-9)44(25(4)61-38)66-46-41(53)40(52)39(51)35(21-49)63-46/h10,13,15,23-25,27,29,31-44,46,49,51-53H,11-12,14,16-21H2,1-9H3/t23-,24-,25-,27-,29-,31-,32+,33+,34-,35-,36-,37+,38+,39-,40+,41+,42-,43-,44+,46-,47-,48+/m0/s1. The number of carbonyl (C=O) groups excluding carboxylic acids is 2. The number of hydrogen-bond donors (Lipinski definition) is 4. The molecule has 4 saturated heterocycles. The molecule has 1 aromatic rings. The summed E-state index contributed by atoms with van der Waals surface area (Å²) in [5.74, 6) is 0.967. The van der Waals surface area contributed by atoms with Crippen molar-refractivity contribution in [1.82, 2.24) is 0 Å². The van der Waals surface area contributed by atoms with E-state index in [1.165, 1.54) is 12.7 Å². The number of aliphatic hydroxyl groups is 4. The number of allylic oxidation sites excluding steroid dienone is 1. The van der Waals surface area contributed by atoms with Gasteiger partial charge in [0, 0.05) is 64.9 Å². The first kappa shape index (κ1) is 50.2. The van der Waals surface area contributed by atoms with Crippen LogP contribution in [0, 0.1) is 24.2 Å². The highest BCUT2D eigenvalue weighted by Gasteiger charge is 2.58. The van der Waals surface area contributed by atoms with Gasteiger partial charge in [0.15, 0.2) is 30.9 Å². The number of ketones is 2. The number of aliphatic hydroxyl groups excluding tert-OH is 4. The highest BCUT2D eigenvalue weighted by molar-refractivity contribution is 5.94. The highest BCUT2D eigenvalue weighted by atomic mass is 16.8. The Morgan fingerprint density at radius 1 is 0.742 bits per heavy atom. The van der Waals surface area contributed by atoms with Gasteiger partial charge in [-0.05, 0) is 71.3 Å². The summed E-state index contributed by atoms with van der Waals surface area (Å²) in [4.78, 5) is 28.2. The first-order valence-electron chi connectivity index (χ1n) is 23.7. The molecule has 66 heavy (non-hydrogen) atoms. The first-order chi connectivity index (χ1) is 31.4. The van der Waals surface area contributed by atoms with Crippen molar-refractivity contribution in [2.45, 2.75) is 209 Å². The Morgan fingerprint density at radius 3 is 1.80 bits per heavy atom. The number of methoxy groups -OCH3 is 3. The number of carbonyl (C=O) groups is 2. The molecule has 18 nitrogen and oxygen atoms in total. The van der Waals surface area contributed by atoms with Gasteiger partial charge in [0.1, 0.15) is 60.4 Å². The molecule has 8 rings (SSSR count). The van der Waals surface area contributed by atoms with Crippen molar-refractivity contribution in [1.29, 1.82) is 0 Å². The van der Waals surface area contributed by atoms with Crippen LogP contribution in [0.5, 0.6) is 0 Å². The van der Waals surface area contributed by atoms with Crippen LogP contribution in [-0.4, -0.2) is 171 Å². The van der Waals surface area contributed by atoms with Gasteiger partial charge in [0.05, 0.1) is 54.9 Å². The molecular weight excluding hydrogens is 865 g/mol. The van der Waals surface area contributed by atoms with E-state index in [0.717, 1.165) is 17.7 Å². The molecule has 22 atom stereocenters. The summed E-state index contributed by atoms with van der Waals surface area (Å²) in [5.41, 5.74) is 1.14. The monoisotopic (exact) mass is 936 g/mol. The van der Waals surface area contributed by atoms with Crippen molar-refractivity contribution in [2.24, 2.45) is 17.3 Å². The molecule has 0 radical (unpaired) electrons. The predicted molar refractivity (Wildman–Crippen MR) is 230 cm³/mol. The van der Waals surface area contributed by atoms with E-state index < -0.39 is 128 Å². The largest absolute Gasteiger partial charge is 0.469 e. The van der Waals surface area contributed by atoms with Gasteiger partial charge in [0.2, 0.25) is 0 Å². The topological polar surface area (TPSA) is 230 Å². The molecule has 2 saturated carbocycles. The van der Waals surface area contributed by atoms with Crippen LogP contribution in [0.1, 0.15) is 97.3 Å². The van der Waals surface area contributed by atoms with Crippen LogP contribution >= 0.6 is 0 Å². The lowest BCUT2D eigenvalue weighted by atomic mass is 9.49. The van der Waals surface area contributed by atoms with Crippen molar-refractivity contribution < 1.29 is 86.5 Å². The zero-order valence-electron chi connectivity index (χ0n) is 39.6. The SMILES string of the molecule is CO[C@H]1C[C@@H](O[C@H]2[C@H](C)O[C@H](O[C@H]3[C@H](C)O[C@@H](O[C@H]4CC5=CC[C@@H]6C(=O)[C@](C)(c7ccoc7C)CC[C@@H]6[C@]5(C)CC4=O)C[C@H]3OC)C[C@H]2OC)O[C@@H](C)[C@H]1O[C@@H]1O[C@@H](CO)[C@H](O)[C@@H](O)[C@H]1O. The van der Waals surface area contributed by atoms with Gasteiger partial charge < -0.3 is 76.9 Å². The zero-order valence-corrected chi connectivity index (χ0v) is 39.6. The smallest absolute Gasteiger partial charge is 0.187 e. The summed E-state index contributed by atoms with van der Waals surface area (Å²) in [7, 11) is 4.73. The van der Waals surface area contributed by atoms with Gasteiger partial charge >= 0.3 is 0 Å². The van der Waals surface area contributed by atoms with Gasteiger partial charge in [-0.3, -0.25) is 9.59 Å². The van der Waals surface area contributed by atoms with Crippen molar-refractivity contribution in [3.63, 3.8) is 0 Å². The first-order valence-corrected chi connectivity index (χ1v) is 23.7. The Bertz CT molecular complexity index is 1870. The van der Waals surface area contributed by atoms with Crippen LogP contribution in [0.2, 0.25) is 0 Å². The van der Waals surface area contributed by atoms with Crippen LogP contribution in [-0.2, 0) is 67.1 Å². The fourth-order valence-electron chi connectivity index (χ4n) is 12.2. The van der Waals surface area contributed by atoms with Crippen LogP contribution < -0.4 is 0 Å². The van der Waals surface area contributed by atoms with E-state index in [1.54, 1.807) is 27.4 Å². The summed E-state index contributed by atoms with van der Waals surface area (Å²) < 4.78 is 73.6. The number of hydrogen-bond acceptors (Lipinski definition) is 18. The van der Waals surface area contributed by atoms with Gasteiger partial charge in [-0.1, -0.05) is 18.6 Å². The third kappa shape index (κ3) is 9.40.